The lowest BCUT2D eigenvalue weighted by atomic mass is 10.0. The Morgan fingerprint density at radius 3 is 2.77 bits per heavy atom. The van der Waals surface area contributed by atoms with Gasteiger partial charge < -0.3 is 5.73 Å². The Morgan fingerprint density at radius 2 is 2.23 bits per heavy atom. The van der Waals surface area contributed by atoms with Gasteiger partial charge in [-0.15, -0.1) is 0 Å². The van der Waals surface area contributed by atoms with E-state index in [1.807, 2.05) is 0 Å². The van der Waals surface area contributed by atoms with Crippen molar-refractivity contribution in [1.29, 1.82) is 0 Å². The molecule has 2 N–H and O–H groups in total. The minimum Gasteiger partial charge on any atom is -0.324 e. The molecule has 0 aromatic heterocycles. The zero-order chi connectivity index (χ0) is 10.0. The van der Waals surface area contributed by atoms with Gasteiger partial charge in [0.05, 0.1) is 16.6 Å². The van der Waals surface area contributed by atoms with E-state index in [1.165, 1.54) is 0 Å². The molecule has 0 bridgehead atoms. The Morgan fingerprint density at radius 1 is 1.62 bits per heavy atom. The van der Waals surface area contributed by atoms with Gasteiger partial charge >= 0.3 is 0 Å². The Bertz CT molecular complexity index is 352. The minimum absolute atomic E-state index is 0.0804. The van der Waals surface area contributed by atoms with Crippen LogP contribution in [0.3, 0.4) is 0 Å². The van der Waals surface area contributed by atoms with Crippen LogP contribution in [-0.4, -0.2) is 12.3 Å². The molecule has 0 amide bonds. The Hall–Kier alpha value is -0.740. The minimum atomic E-state index is -0.532. The third kappa shape index (κ3) is 1.95. The van der Waals surface area contributed by atoms with Crippen LogP contribution in [0.1, 0.15) is 15.9 Å². The monoisotopic (exact) mass is 245 g/mol. The number of aryl methyl sites for hydroxylation is 1. The van der Waals surface area contributed by atoms with E-state index in [2.05, 4.69) is 15.9 Å². The number of hydrogen-bond acceptors (Lipinski definition) is 2. The highest BCUT2D eigenvalue weighted by Gasteiger charge is 2.15. The molecule has 1 aromatic carbocycles. The van der Waals surface area contributed by atoms with E-state index in [-0.39, 0.29) is 22.4 Å². The first-order chi connectivity index (χ1) is 6.07. The van der Waals surface area contributed by atoms with Crippen LogP contribution in [0.5, 0.6) is 0 Å². The molecule has 0 saturated carbocycles. The summed E-state index contributed by atoms with van der Waals surface area (Å²) >= 11 is 3.01. The number of benzene rings is 1. The molecule has 0 aliphatic carbocycles. The third-order valence-corrected chi connectivity index (χ3v) is 2.38. The SMILES string of the molecule is Cc1ccc(Br)c(F)c1C(=O)CN. The molecule has 0 unspecified atom stereocenters. The molecule has 0 atom stereocenters. The predicted molar refractivity (Wildman–Crippen MR) is 52.2 cm³/mol. The fourth-order valence-corrected chi connectivity index (χ4v) is 1.42. The molecule has 4 heteroatoms. The lowest BCUT2D eigenvalue weighted by Gasteiger charge is -2.05. The number of hydrogen-bond donors (Lipinski definition) is 1. The number of ketones is 1. The number of rotatable bonds is 2. The van der Waals surface area contributed by atoms with Gasteiger partial charge in [-0.2, -0.15) is 0 Å². The van der Waals surface area contributed by atoms with E-state index in [0.29, 0.717) is 5.56 Å². The highest BCUT2D eigenvalue weighted by Crippen LogP contribution is 2.22. The zero-order valence-corrected chi connectivity index (χ0v) is 8.69. The molecule has 0 radical (unpaired) electrons. The molecule has 0 aliphatic rings. The summed E-state index contributed by atoms with van der Waals surface area (Å²) in [4.78, 5) is 11.2. The normalized spacial score (nSPS) is 10.2. The van der Waals surface area contributed by atoms with Gasteiger partial charge in [0.15, 0.2) is 5.78 Å². The second kappa shape index (κ2) is 3.98. The van der Waals surface area contributed by atoms with E-state index in [1.54, 1.807) is 19.1 Å². The molecule has 1 aromatic rings. The second-order valence-electron chi connectivity index (χ2n) is 2.68. The first-order valence-electron chi connectivity index (χ1n) is 3.75. The summed E-state index contributed by atoms with van der Waals surface area (Å²) in [6.45, 7) is 1.51. The fraction of sp³-hybridized carbons (Fsp3) is 0.222. The summed E-state index contributed by atoms with van der Waals surface area (Å²) in [5.74, 6) is -0.910. The van der Waals surface area contributed by atoms with Crippen molar-refractivity contribution in [3.8, 4) is 0 Å². The van der Waals surface area contributed by atoms with Gasteiger partial charge in [0.1, 0.15) is 5.82 Å². The maximum Gasteiger partial charge on any atom is 0.179 e. The molecule has 0 aliphatic heterocycles. The fourth-order valence-electron chi connectivity index (χ4n) is 1.09. The number of Topliss-reactive ketones (excluding diaryl/α,β-unsaturated/α-hetero) is 1. The van der Waals surface area contributed by atoms with Crippen molar-refractivity contribution in [3.05, 3.63) is 33.5 Å². The van der Waals surface area contributed by atoms with Crippen LogP contribution in [0.2, 0.25) is 0 Å². The first-order valence-corrected chi connectivity index (χ1v) is 4.55. The number of carbonyl (C=O) groups excluding carboxylic acids is 1. The van der Waals surface area contributed by atoms with Gasteiger partial charge in [0, 0.05) is 0 Å². The molecule has 0 saturated heterocycles. The first kappa shape index (κ1) is 10.3. The lowest BCUT2D eigenvalue weighted by molar-refractivity contribution is 0.0997. The molecule has 70 valence electrons. The summed E-state index contributed by atoms with van der Waals surface area (Å²) in [5, 5.41) is 0. The molecule has 1 rings (SSSR count). The van der Waals surface area contributed by atoms with E-state index < -0.39 is 5.82 Å². The summed E-state index contributed by atoms with van der Waals surface area (Å²) in [6.07, 6.45) is 0. The van der Waals surface area contributed by atoms with E-state index in [0.717, 1.165) is 0 Å². The maximum absolute atomic E-state index is 13.4. The Kier molecular flexibility index (Phi) is 3.17. The van der Waals surface area contributed by atoms with Gasteiger partial charge in [0.2, 0.25) is 0 Å². The van der Waals surface area contributed by atoms with Crippen molar-refractivity contribution in [2.45, 2.75) is 6.92 Å². The van der Waals surface area contributed by atoms with Crippen LogP contribution < -0.4 is 5.73 Å². The predicted octanol–water partition coefficient (Wildman–Crippen LogP) is 2.04. The largest absolute Gasteiger partial charge is 0.324 e. The van der Waals surface area contributed by atoms with E-state index in [9.17, 15) is 9.18 Å². The lowest BCUT2D eigenvalue weighted by Crippen LogP contribution is -2.16. The summed E-state index contributed by atoms with van der Waals surface area (Å²) in [5.41, 5.74) is 5.85. The van der Waals surface area contributed by atoms with Crippen molar-refractivity contribution in [3.63, 3.8) is 0 Å². The van der Waals surface area contributed by atoms with Crippen molar-refractivity contribution in [2.75, 3.05) is 6.54 Å². The van der Waals surface area contributed by atoms with Crippen LogP contribution in [0.4, 0.5) is 4.39 Å². The molecule has 13 heavy (non-hydrogen) atoms. The molecule has 2 nitrogen and oxygen atoms in total. The standard InChI is InChI=1S/C9H9BrFNO/c1-5-2-3-6(10)9(11)8(5)7(13)4-12/h2-3H,4,12H2,1H3. The number of carbonyl (C=O) groups is 1. The maximum atomic E-state index is 13.4. The Labute approximate surface area is 84.1 Å². The van der Waals surface area contributed by atoms with Gasteiger partial charge in [-0.3, -0.25) is 4.79 Å². The average molecular weight is 246 g/mol. The van der Waals surface area contributed by atoms with Crippen LogP contribution in [0.15, 0.2) is 16.6 Å². The topological polar surface area (TPSA) is 43.1 Å². The third-order valence-electron chi connectivity index (χ3n) is 1.77. The van der Waals surface area contributed by atoms with Crippen molar-refractivity contribution in [1.82, 2.24) is 0 Å². The van der Waals surface area contributed by atoms with E-state index >= 15 is 0 Å². The molecule has 0 fully saturated rings. The quantitative estimate of drug-likeness (QED) is 0.811. The molecular weight excluding hydrogens is 237 g/mol. The second-order valence-corrected chi connectivity index (χ2v) is 3.53. The summed E-state index contributed by atoms with van der Waals surface area (Å²) < 4.78 is 13.7. The van der Waals surface area contributed by atoms with Crippen LogP contribution >= 0.6 is 15.9 Å². The summed E-state index contributed by atoms with van der Waals surface area (Å²) in [7, 11) is 0. The highest BCUT2D eigenvalue weighted by molar-refractivity contribution is 9.10. The zero-order valence-electron chi connectivity index (χ0n) is 7.10. The number of halogens is 2. The van der Waals surface area contributed by atoms with Crippen molar-refractivity contribution < 1.29 is 9.18 Å². The van der Waals surface area contributed by atoms with Gasteiger partial charge in [-0.1, -0.05) is 6.07 Å². The molecular formula is C9H9BrFNO. The average Bonchev–Trinajstić information content (AvgIpc) is 2.12. The van der Waals surface area contributed by atoms with Gasteiger partial charge in [-0.25, -0.2) is 4.39 Å². The van der Waals surface area contributed by atoms with Crippen molar-refractivity contribution >= 4 is 21.7 Å². The van der Waals surface area contributed by atoms with Gasteiger partial charge in [-0.05, 0) is 34.5 Å². The summed E-state index contributed by atoms with van der Waals surface area (Å²) in [6, 6.07) is 3.24. The smallest absolute Gasteiger partial charge is 0.179 e. The van der Waals surface area contributed by atoms with Crippen LogP contribution in [-0.2, 0) is 0 Å². The van der Waals surface area contributed by atoms with Crippen molar-refractivity contribution in [2.24, 2.45) is 5.73 Å². The van der Waals surface area contributed by atoms with Crippen LogP contribution in [0.25, 0.3) is 0 Å². The molecule has 0 spiro atoms. The van der Waals surface area contributed by atoms with Gasteiger partial charge in [0.25, 0.3) is 0 Å². The Balaban J connectivity index is 3.33. The van der Waals surface area contributed by atoms with Crippen LogP contribution in [0, 0.1) is 12.7 Å². The number of nitrogens with two attached hydrogens (primary N) is 1. The van der Waals surface area contributed by atoms with E-state index in [4.69, 9.17) is 5.73 Å². The molecule has 0 heterocycles. The highest BCUT2D eigenvalue weighted by atomic mass is 79.9.